The number of amides is 1. The number of fused-ring (bicyclic) bond motifs is 1. The first-order valence-corrected chi connectivity index (χ1v) is 11.1. The lowest BCUT2D eigenvalue weighted by Crippen LogP contribution is -2.58. The van der Waals surface area contributed by atoms with E-state index in [1.165, 1.54) is 0 Å². The van der Waals surface area contributed by atoms with Gasteiger partial charge in [-0.3, -0.25) is 4.79 Å². The van der Waals surface area contributed by atoms with E-state index in [9.17, 15) is 9.90 Å². The van der Waals surface area contributed by atoms with Crippen LogP contribution in [0, 0.1) is 24.2 Å². The van der Waals surface area contributed by atoms with Crippen LogP contribution in [-0.4, -0.2) is 30.8 Å². The largest absolute Gasteiger partial charge is 0.493 e. The molecule has 31 heavy (non-hydrogen) atoms. The van der Waals surface area contributed by atoms with Crippen molar-refractivity contribution in [2.45, 2.75) is 51.0 Å². The van der Waals surface area contributed by atoms with Crippen molar-refractivity contribution in [1.82, 2.24) is 19.7 Å². The number of carbonyl (C=O) groups is 1. The van der Waals surface area contributed by atoms with Crippen LogP contribution in [0.5, 0.6) is 5.88 Å². The number of carbonyl (C=O) groups excluding carboxylic acids is 1. The van der Waals surface area contributed by atoms with Crippen LogP contribution in [0.4, 0.5) is 5.69 Å². The van der Waals surface area contributed by atoms with Gasteiger partial charge in [0, 0.05) is 5.39 Å². The van der Waals surface area contributed by atoms with Gasteiger partial charge in [0.2, 0.25) is 11.2 Å². The number of halogens is 1. The van der Waals surface area contributed by atoms with E-state index in [1.807, 2.05) is 29.8 Å². The predicted octanol–water partition coefficient (Wildman–Crippen LogP) is 5.03. The van der Waals surface area contributed by atoms with E-state index in [0.717, 1.165) is 48.6 Å². The van der Waals surface area contributed by atoms with Gasteiger partial charge in [0.05, 0.1) is 16.5 Å². The fourth-order valence-corrected chi connectivity index (χ4v) is 6.97. The number of nitrogens with zero attached hydrogens (tertiary/aromatic N) is 5. The number of aryl methyl sites for hydroxylation is 1. The molecule has 9 heteroatoms. The molecule has 0 aliphatic heterocycles. The Balaban J connectivity index is 1.35. The third-order valence-corrected chi connectivity index (χ3v) is 7.84. The quantitative estimate of drug-likeness (QED) is 0.558. The van der Waals surface area contributed by atoms with Crippen LogP contribution < -0.4 is 0 Å². The van der Waals surface area contributed by atoms with E-state index in [1.54, 1.807) is 6.33 Å². The van der Waals surface area contributed by atoms with Crippen LogP contribution in [0.1, 0.15) is 44.1 Å². The summed E-state index contributed by atoms with van der Waals surface area (Å²) in [6, 6.07) is 5.72. The Morgan fingerprint density at radius 1 is 1.29 bits per heavy atom. The molecule has 0 spiro atoms. The summed E-state index contributed by atoms with van der Waals surface area (Å²) in [7, 11) is 0. The summed E-state index contributed by atoms with van der Waals surface area (Å²) in [5, 5.41) is 24.1. The maximum atomic E-state index is 13.5. The van der Waals surface area contributed by atoms with Crippen LogP contribution in [-0.2, 0) is 10.3 Å². The Kier molecular flexibility index (Phi) is 3.91. The zero-order chi connectivity index (χ0) is 21.4. The summed E-state index contributed by atoms with van der Waals surface area (Å²) in [5.41, 5.74) is 1.35. The molecule has 2 N–H and O–H groups in total. The minimum absolute atomic E-state index is 0.0694. The topological polar surface area (TPSA) is 109 Å². The summed E-state index contributed by atoms with van der Waals surface area (Å²) in [6.07, 6.45) is 7.20. The third-order valence-electron chi connectivity index (χ3n) is 7.67. The molecule has 7 rings (SSSR count). The first-order valence-electron chi connectivity index (χ1n) is 10.7. The lowest BCUT2D eigenvalue weighted by atomic mass is 9.46. The van der Waals surface area contributed by atoms with Gasteiger partial charge in [-0.2, -0.15) is 0 Å². The zero-order valence-corrected chi connectivity index (χ0v) is 17.9. The normalized spacial score (nSPS) is 31.8. The van der Waals surface area contributed by atoms with Crippen molar-refractivity contribution >= 4 is 34.1 Å². The minimum Gasteiger partial charge on any atom is -0.493 e. The summed E-state index contributed by atoms with van der Waals surface area (Å²) >= 11 is 6.01. The van der Waals surface area contributed by atoms with Crippen molar-refractivity contribution in [1.29, 1.82) is 0 Å². The van der Waals surface area contributed by atoms with Crippen molar-refractivity contribution in [3.8, 4) is 5.88 Å². The molecular formula is C22H23ClN6O2. The van der Waals surface area contributed by atoms with Gasteiger partial charge in [0.15, 0.2) is 5.69 Å². The van der Waals surface area contributed by atoms with Gasteiger partial charge < -0.3 is 10.1 Å². The highest BCUT2D eigenvalue weighted by Crippen LogP contribution is 2.64. The standard InChI is InChI=1S/C22H23ClN6O2/c1-12-3-2-4-15-16(12)25-18(30)17(15)26-27-19(31)21-6-13-5-14(7-21)9-22(8-13,10-21)29-11-24-20(23)28-29/h2-4,11,13-14,25,30H,5-10H2,1H3/t13-,14-,21?,22?/m0/s1. The summed E-state index contributed by atoms with van der Waals surface area (Å²) in [5.74, 6) is 0.665. The molecule has 1 aromatic carbocycles. The minimum atomic E-state index is -0.538. The Hall–Kier alpha value is -2.74. The smallest absolute Gasteiger partial charge is 0.270 e. The summed E-state index contributed by atoms with van der Waals surface area (Å²) in [6.45, 7) is 1.95. The Bertz CT molecular complexity index is 1230. The van der Waals surface area contributed by atoms with Crippen molar-refractivity contribution in [2.75, 3.05) is 0 Å². The Morgan fingerprint density at radius 2 is 2.06 bits per heavy atom. The number of aromatic hydroxyl groups is 1. The number of nitrogens with one attached hydrogen (secondary N) is 1. The summed E-state index contributed by atoms with van der Waals surface area (Å²) < 4.78 is 1.89. The fourth-order valence-electron chi connectivity index (χ4n) is 6.84. The van der Waals surface area contributed by atoms with E-state index >= 15 is 0 Å². The van der Waals surface area contributed by atoms with Crippen LogP contribution >= 0.6 is 11.6 Å². The lowest BCUT2D eigenvalue weighted by molar-refractivity contribution is -0.153. The molecule has 4 fully saturated rings. The molecule has 0 unspecified atom stereocenters. The van der Waals surface area contributed by atoms with E-state index in [4.69, 9.17) is 11.6 Å². The van der Waals surface area contributed by atoms with Gasteiger partial charge in [-0.05, 0) is 74.4 Å². The van der Waals surface area contributed by atoms with Crippen molar-refractivity contribution < 1.29 is 9.90 Å². The zero-order valence-electron chi connectivity index (χ0n) is 17.2. The maximum Gasteiger partial charge on any atom is 0.270 e. The van der Waals surface area contributed by atoms with E-state index in [-0.39, 0.29) is 22.6 Å². The Labute approximate surface area is 183 Å². The number of rotatable bonds is 3. The summed E-state index contributed by atoms with van der Waals surface area (Å²) in [4.78, 5) is 20.5. The van der Waals surface area contributed by atoms with E-state index in [2.05, 4.69) is 25.3 Å². The number of azo groups is 1. The highest BCUT2D eigenvalue weighted by atomic mass is 35.5. The molecule has 4 aliphatic carbocycles. The molecule has 3 aromatic rings. The third kappa shape index (κ3) is 2.77. The van der Waals surface area contributed by atoms with Crippen molar-refractivity contribution in [2.24, 2.45) is 27.5 Å². The number of H-pyrrole nitrogens is 1. The average Bonchev–Trinajstić information content (AvgIpc) is 3.29. The van der Waals surface area contributed by atoms with E-state index in [0.29, 0.717) is 23.9 Å². The first-order chi connectivity index (χ1) is 14.9. The van der Waals surface area contributed by atoms with Crippen LogP contribution in [0.25, 0.3) is 10.9 Å². The van der Waals surface area contributed by atoms with Gasteiger partial charge >= 0.3 is 0 Å². The van der Waals surface area contributed by atoms with Gasteiger partial charge in [0.25, 0.3) is 5.91 Å². The van der Waals surface area contributed by atoms with Gasteiger partial charge in [-0.15, -0.1) is 15.3 Å². The predicted molar refractivity (Wildman–Crippen MR) is 114 cm³/mol. The number of aromatic amines is 1. The molecule has 4 saturated carbocycles. The second-order valence-electron chi connectivity index (χ2n) is 9.75. The highest BCUT2D eigenvalue weighted by molar-refractivity contribution is 6.28. The fraction of sp³-hybridized carbons (Fsp3) is 0.500. The number of hydrogen-bond donors (Lipinski definition) is 2. The number of benzene rings is 1. The van der Waals surface area contributed by atoms with E-state index < -0.39 is 5.41 Å². The first kappa shape index (κ1) is 19.0. The van der Waals surface area contributed by atoms with Crippen LogP contribution in [0.15, 0.2) is 34.8 Å². The number of para-hydroxylation sites is 1. The van der Waals surface area contributed by atoms with Gasteiger partial charge in [-0.1, -0.05) is 18.2 Å². The van der Waals surface area contributed by atoms with Gasteiger partial charge in [0.1, 0.15) is 6.33 Å². The Morgan fingerprint density at radius 3 is 2.77 bits per heavy atom. The molecule has 2 aromatic heterocycles. The second kappa shape index (κ2) is 6.38. The molecular weight excluding hydrogens is 416 g/mol. The maximum absolute atomic E-state index is 13.5. The molecule has 0 saturated heterocycles. The second-order valence-corrected chi connectivity index (χ2v) is 10.1. The molecule has 1 amide bonds. The SMILES string of the molecule is Cc1cccc2c(N=NC(=O)C34C[C@@H]5C[C@@H](C3)CC(n3cnc(Cl)n3)(C5)C4)c(O)[nH]c12. The molecule has 160 valence electrons. The van der Waals surface area contributed by atoms with Gasteiger partial charge in [-0.25, -0.2) is 9.67 Å². The molecule has 8 nitrogen and oxygen atoms in total. The molecule has 0 radical (unpaired) electrons. The average molecular weight is 439 g/mol. The number of hydrogen-bond acceptors (Lipinski definition) is 5. The monoisotopic (exact) mass is 438 g/mol. The van der Waals surface area contributed by atoms with Crippen LogP contribution in [0.2, 0.25) is 5.28 Å². The lowest BCUT2D eigenvalue weighted by Gasteiger charge is -2.60. The molecule has 4 aliphatic rings. The van der Waals surface area contributed by atoms with Crippen molar-refractivity contribution in [3.05, 3.63) is 35.4 Å². The molecule has 2 heterocycles. The molecule has 4 bridgehead atoms. The van der Waals surface area contributed by atoms with Crippen molar-refractivity contribution in [3.63, 3.8) is 0 Å². The number of aromatic nitrogens is 4. The molecule has 2 atom stereocenters. The van der Waals surface area contributed by atoms with Crippen LogP contribution in [0.3, 0.4) is 0 Å². The highest BCUT2D eigenvalue weighted by Gasteiger charge is 2.62.